The van der Waals surface area contributed by atoms with Gasteiger partial charge in [-0.1, -0.05) is 27.7 Å². The molecule has 0 aromatic carbocycles. The lowest BCUT2D eigenvalue weighted by Crippen LogP contribution is -2.42. The fraction of sp³-hybridized carbons (Fsp3) is 1.00. The van der Waals surface area contributed by atoms with Crippen LogP contribution in [-0.4, -0.2) is 31.1 Å². The maximum atomic E-state index is 5.74. The highest BCUT2D eigenvalue weighted by molar-refractivity contribution is 4.73. The monoisotopic (exact) mass is 186 g/mol. The minimum absolute atomic E-state index is 0.541. The van der Waals surface area contributed by atoms with Crippen LogP contribution in [0.3, 0.4) is 0 Å². The van der Waals surface area contributed by atoms with E-state index in [1.54, 1.807) is 0 Å². The number of hydrogen-bond acceptors (Lipinski definition) is 2. The number of nitrogens with two attached hydrogens (primary N) is 1. The first-order valence-electron chi connectivity index (χ1n) is 5.39. The molecule has 0 amide bonds. The lowest BCUT2D eigenvalue weighted by molar-refractivity contribution is 0.188. The molecule has 0 spiro atoms. The molecule has 0 fully saturated rings. The van der Waals surface area contributed by atoms with Crippen LogP contribution in [0, 0.1) is 11.8 Å². The van der Waals surface area contributed by atoms with Crippen LogP contribution in [0.5, 0.6) is 0 Å². The molecule has 0 aliphatic rings. The van der Waals surface area contributed by atoms with Crippen molar-refractivity contribution in [3.05, 3.63) is 0 Å². The van der Waals surface area contributed by atoms with Gasteiger partial charge in [0.15, 0.2) is 0 Å². The Hall–Kier alpha value is -0.0800. The van der Waals surface area contributed by atoms with Crippen molar-refractivity contribution in [3.8, 4) is 0 Å². The summed E-state index contributed by atoms with van der Waals surface area (Å²) < 4.78 is 0. The second-order valence-corrected chi connectivity index (χ2v) is 4.71. The average molecular weight is 186 g/mol. The van der Waals surface area contributed by atoms with Crippen LogP contribution in [0.1, 0.15) is 34.1 Å². The van der Waals surface area contributed by atoms with Gasteiger partial charge in [0, 0.05) is 12.6 Å². The molecule has 1 atom stereocenters. The molecular formula is C11H26N2. The van der Waals surface area contributed by atoms with Crippen molar-refractivity contribution in [3.63, 3.8) is 0 Å². The lowest BCUT2D eigenvalue weighted by atomic mass is 10.0. The summed E-state index contributed by atoms with van der Waals surface area (Å²) in [4.78, 5) is 2.39. The van der Waals surface area contributed by atoms with Gasteiger partial charge in [0.25, 0.3) is 0 Å². The quantitative estimate of drug-likeness (QED) is 0.687. The third kappa shape index (κ3) is 5.27. The largest absolute Gasteiger partial charge is 0.329 e. The smallest absolute Gasteiger partial charge is 0.0238 e. The first kappa shape index (κ1) is 12.9. The third-order valence-electron chi connectivity index (χ3n) is 2.64. The SMILES string of the molecule is CC(C)CCN(C)C(CN)C(C)C. The molecule has 0 bridgehead atoms. The van der Waals surface area contributed by atoms with E-state index in [9.17, 15) is 0 Å². The third-order valence-corrected chi connectivity index (χ3v) is 2.64. The topological polar surface area (TPSA) is 29.3 Å². The average Bonchev–Trinajstić information content (AvgIpc) is 2.01. The summed E-state index contributed by atoms with van der Waals surface area (Å²) in [7, 11) is 2.18. The normalized spacial score (nSPS) is 14.5. The standard InChI is InChI=1S/C11H26N2/c1-9(2)6-7-13(5)11(8-12)10(3)4/h9-11H,6-8,12H2,1-5H3. The molecule has 0 aromatic heterocycles. The first-order chi connectivity index (χ1) is 5.99. The van der Waals surface area contributed by atoms with E-state index in [0.29, 0.717) is 12.0 Å². The molecule has 0 aliphatic heterocycles. The van der Waals surface area contributed by atoms with Crippen molar-refractivity contribution in [2.45, 2.75) is 40.2 Å². The molecule has 13 heavy (non-hydrogen) atoms. The van der Waals surface area contributed by atoms with E-state index in [-0.39, 0.29) is 0 Å². The Morgan fingerprint density at radius 2 is 1.69 bits per heavy atom. The lowest BCUT2D eigenvalue weighted by Gasteiger charge is -2.30. The van der Waals surface area contributed by atoms with Crippen LogP contribution in [0.4, 0.5) is 0 Å². The maximum absolute atomic E-state index is 5.74. The van der Waals surface area contributed by atoms with Crippen LogP contribution in [0.2, 0.25) is 0 Å². The minimum atomic E-state index is 0.541. The van der Waals surface area contributed by atoms with E-state index in [0.717, 1.165) is 19.0 Å². The molecule has 0 rings (SSSR count). The van der Waals surface area contributed by atoms with E-state index in [1.165, 1.54) is 6.42 Å². The van der Waals surface area contributed by atoms with Crippen LogP contribution >= 0.6 is 0 Å². The Morgan fingerprint density at radius 3 is 2.00 bits per heavy atom. The van der Waals surface area contributed by atoms with E-state index in [4.69, 9.17) is 5.73 Å². The summed E-state index contributed by atoms with van der Waals surface area (Å²) >= 11 is 0. The molecule has 0 saturated carbocycles. The minimum Gasteiger partial charge on any atom is -0.329 e. The van der Waals surface area contributed by atoms with Gasteiger partial charge in [0.2, 0.25) is 0 Å². The molecule has 1 unspecified atom stereocenters. The van der Waals surface area contributed by atoms with Crippen LogP contribution < -0.4 is 5.73 Å². The zero-order valence-corrected chi connectivity index (χ0v) is 9.88. The maximum Gasteiger partial charge on any atom is 0.0238 e. The summed E-state index contributed by atoms with van der Waals surface area (Å²) in [5.41, 5.74) is 5.74. The molecule has 0 heterocycles. The van der Waals surface area contributed by atoms with Gasteiger partial charge >= 0.3 is 0 Å². The predicted octanol–water partition coefficient (Wildman–Crippen LogP) is 1.95. The molecule has 2 heteroatoms. The molecule has 0 radical (unpaired) electrons. The highest BCUT2D eigenvalue weighted by Crippen LogP contribution is 2.09. The van der Waals surface area contributed by atoms with Crippen molar-refractivity contribution < 1.29 is 0 Å². The highest BCUT2D eigenvalue weighted by Gasteiger charge is 2.16. The number of hydrogen-bond donors (Lipinski definition) is 1. The van der Waals surface area contributed by atoms with Crippen LogP contribution in [-0.2, 0) is 0 Å². The number of nitrogens with zero attached hydrogens (tertiary/aromatic N) is 1. The predicted molar refractivity (Wildman–Crippen MR) is 59.8 cm³/mol. The highest BCUT2D eigenvalue weighted by atomic mass is 15.1. The first-order valence-corrected chi connectivity index (χ1v) is 5.39. The van der Waals surface area contributed by atoms with Gasteiger partial charge in [-0.15, -0.1) is 0 Å². The molecule has 80 valence electrons. The van der Waals surface area contributed by atoms with Gasteiger partial charge < -0.3 is 10.6 Å². The van der Waals surface area contributed by atoms with Gasteiger partial charge in [-0.3, -0.25) is 0 Å². The van der Waals surface area contributed by atoms with Crippen LogP contribution in [0.15, 0.2) is 0 Å². The zero-order valence-electron chi connectivity index (χ0n) is 9.88. The van der Waals surface area contributed by atoms with Gasteiger partial charge in [-0.2, -0.15) is 0 Å². The molecular weight excluding hydrogens is 160 g/mol. The Balaban J connectivity index is 3.84. The number of likely N-dealkylation sites (N-methyl/N-ethyl adjacent to an activating group) is 1. The van der Waals surface area contributed by atoms with E-state index in [1.807, 2.05) is 0 Å². The summed E-state index contributed by atoms with van der Waals surface area (Å²) in [6.07, 6.45) is 1.26. The second-order valence-electron chi connectivity index (χ2n) is 4.71. The summed E-state index contributed by atoms with van der Waals surface area (Å²) in [5, 5.41) is 0. The Kier molecular flexibility index (Phi) is 6.35. The number of rotatable bonds is 6. The van der Waals surface area contributed by atoms with Crippen molar-refractivity contribution in [2.24, 2.45) is 17.6 Å². The summed E-state index contributed by atoms with van der Waals surface area (Å²) in [5.74, 6) is 1.44. The van der Waals surface area contributed by atoms with Crippen molar-refractivity contribution in [1.29, 1.82) is 0 Å². The Morgan fingerprint density at radius 1 is 1.15 bits per heavy atom. The van der Waals surface area contributed by atoms with E-state index >= 15 is 0 Å². The fourth-order valence-corrected chi connectivity index (χ4v) is 1.59. The van der Waals surface area contributed by atoms with Gasteiger partial charge in [-0.25, -0.2) is 0 Å². The Labute approximate surface area is 83.5 Å². The van der Waals surface area contributed by atoms with Crippen LogP contribution in [0.25, 0.3) is 0 Å². The molecule has 0 aromatic rings. The van der Waals surface area contributed by atoms with E-state index < -0.39 is 0 Å². The van der Waals surface area contributed by atoms with Gasteiger partial charge in [-0.05, 0) is 31.8 Å². The molecule has 0 aliphatic carbocycles. The molecule has 2 N–H and O–H groups in total. The second kappa shape index (κ2) is 6.39. The molecule has 0 saturated heterocycles. The van der Waals surface area contributed by atoms with Crippen molar-refractivity contribution >= 4 is 0 Å². The zero-order chi connectivity index (χ0) is 10.4. The molecule has 2 nitrogen and oxygen atoms in total. The fourth-order valence-electron chi connectivity index (χ4n) is 1.59. The van der Waals surface area contributed by atoms with Crippen molar-refractivity contribution in [2.75, 3.05) is 20.1 Å². The summed E-state index contributed by atoms with van der Waals surface area (Å²) in [6, 6.07) is 0.541. The Bertz CT molecular complexity index is 121. The van der Waals surface area contributed by atoms with E-state index in [2.05, 4.69) is 39.6 Å². The van der Waals surface area contributed by atoms with Crippen molar-refractivity contribution in [1.82, 2.24) is 4.90 Å². The van der Waals surface area contributed by atoms with Gasteiger partial charge in [0.05, 0.1) is 0 Å². The summed E-state index contributed by atoms with van der Waals surface area (Å²) in [6.45, 7) is 10.9. The van der Waals surface area contributed by atoms with Gasteiger partial charge in [0.1, 0.15) is 0 Å².